The summed E-state index contributed by atoms with van der Waals surface area (Å²) in [5, 5.41) is 0. The van der Waals surface area contributed by atoms with Crippen molar-refractivity contribution in [2.24, 2.45) is 11.5 Å². The third-order valence-electron chi connectivity index (χ3n) is 1.83. The van der Waals surface area contributed by atoms with Crippen LogP contribution in [0.5, 0.6) is 0 Å². The van der Waals surface area contributed by atoms with E-state index in [1.165, 1.54) is 12.1 Å². The predicted octanol–water partition coefficient (Wildman–Crippen LogP) is 0.955. The van der Waals surface area contributed by atoms with Crippen molar-refractivity contribution < 1.29 is 9.59 Å². The second kappa shape index (κ2) is 3.79. The Morgan fingerprint density at radius 2 is 1.57 bits per heavy atom. The average Bonchev–Trinajstić information content (AvgIpc) is 2.08. The fourth-order valence-corrected chi connectivity index (χ4v) is 1.43. The van der Waals surface area contributed by atoms with Gasteiger partial charge in [0.2, 0.25) is 11.8 Å². The van der Waals surface area contributed by atoms with Gasteiger partial charge < -0.3 is 11.5 Å². The standard InChI is InChI=1S/C9H9BrN2O2/c1-4-2-5(8(11)13)6(9(12)14)3-7(4)10/h2-3H,1H3,(H2,11,13)(H2,12,14). The fourth-order valence-electron chi connectivity index (χ4n) is 1.09. The molecule has 74 valence electrons. The Kier molecular flexibility index (Phi) is 2.90. The molecule has 0 aliphatic heterocycles. The van der Waals surface area contributed by atoms with E-state index in [1.807, 2.05) is 0 Å². The highest BCUT2D eigenvalue weighted by atomic mass is 79.9. The van der Waals surface area contributed by atoms with Crippen LogP contribution in [0, 0.1) is 6.92 Å². The second-order valence-corrected chi connectivity index (χ2v) is 3.73. The number of hydrogen-bond donors (Lipinski definition) is 2. The van der Waals surface area contributed by atoms with Crippen molar-refractivity contribution in [3.05, 3.63) is 33.3 Å². The molecule has 0 aliphatic rings. The van der Waals surface area contributed by atoms with Crippen molar-refractivity contribution in [3.63, 3.8) is 0 Å². The minimum absolute atomic E-state index is 0.134. The smallest absolute Gasteiger partial charge is 0.249 e. The molecule has 0 aliphatic carbocycles. The zero-order valence-corrected chi connectivity index (χ0v) is 9.09. The molecule has 1 rings (SSSR count). The quantitative estimate of drug-likeness (QED) is 0.826. The zero-order valence-electron chi connectivity index (χ0n) is 7.50. The Morgan fingerprint density at radius 1 is 1.14 bits per heavy atom. The summed E-state index contributed by atoms with van der Waals surface area (Å²) in [7, 11) is 0. The normalized spacial score (nSPS) is 9.86. The summed E-state index contributed by atoms with van der Waals surface area (Å²) in [4.78, 5) is 22.0. The molecule has 0 bridgehead atoms. The average molecular weight is 257 g/mol. The molecule has 0 spiro atoms. The van der Waals surface area contributed by atoms with Crippen LogP contribution in [-0.2, 0) is 0 Å². The molecule has 0 unspecified atom stereocenters. The van der Waals surface area contributed by atoms with E-state index in [0.29, 0.717) is 0 Å². The van der Waals surface area contributed by atoms with Gasteiger partial charge in [0.1, 0.15) is 0 Å². The number of nitrogens with two attached hydrogens (primary N) is 2. The van der Waals surface area contributed by atoms with Crippen LogP contribution in [0.25, 0.3) is 0 Å². The van der Waals surface area contributed by atoms with E-state index < -0.39 is 11.8 Å². The first-order valence-corrected chi connectivity index (χ1v) is 4.62. The molecule has 4 N–H and O–H groups in total. The van der Waals surface area contributed by atoms with E-state index in [1.54, 1.807) is 6.92 Å². The van der Waals surface area contributed by atoms with E-state index in [2.05, 4.69) is 15.9 Å². The molecule has 1 aromatic carbocycles. The van der Waals surface area contributed by atoms with Crippen LogP contribution in [0.1, 0.15) is 26.3 Å². The van der Waals surface area contributed by atoms with Gasteiger partial charge in [-0.25, -0.2) is 0 Å². The van der Waals surface area contributed by atoms with E-state index in [0.717, 1.165) is 10.0 Å². The Hall–Kier alpha value is -1.36. The second-order valence-electron chi connectivity index (χ2n) is 2.88. The maximum atomic E-state index is 11.0. The van der Waals surface area contributed by atoms with Gasteiger partial charge in [0.05, 0.1) is 11.1 Å². The Labute approximate surface area is 89.4 Å². The molecule has 0 fully saturated rings. The van der Waals surface area contributed by atoms with Gasteiger partial charge in [0.25, 0.3) is 0 Å². The molecule has 0 saturated carbocycles. The van der Waals surface area contributed by atoms with Crippen LogP contribution in [0.3, 0.4) is 0 Å². The van der Waals surface area contributed by atoms with Crippen molar-refractivity contribution in [1.82, 2.24) is 0 Å². The van der Waals surface area contributed by atoms with E-state index in [9.17, 15) is 9.59 Å². The Balaban J connectivity index is 3.46. The molecule has 5 heteroatoms. The summed E-state index contributed by atoms with van der Waals surface area (Å²) in [5.74, 6) is -1.33. The molecule has 14 heavy (non-hydrogen) atoms. The molecule has 0 saturated heterocycles. The summed E-state index contributed by atoms with van der Waals surface area (Å²) < 4.78 is 0.719. The topological polar surface area (TPSA) is 86.2 Å². The van der Waals surface area contributed by atoms with Crippen molar-refractivity contribution >= 4 is 27.7 Å². The maximum Gasteiger partial charge on any atom is 0.249 e. The molecular weight excluding hydrogens is 248 g/mol. The minimum Gasteiger partial charge on any atom is -0.366 e. The Morgan fingerprint density at radius 3 is 2.00 bits per heavy atom. The van der Waals surface area contributed by atoms with Gasteiger partial charge in [0.15, 0.2) is 0 Å². The molecule has 0 aromatic heterocycles. The molecule has 0 radical (unpaired) electrons. The van der Waals surface area contributed by atoms with Crippen molar-refractivity contribution in [3.8, 4) is 0 Å². The first-order valence-electron chi connectivity index (χ1n) is 3.83. The van der Waals surface area contributed by atoms with Crippen LogP contribution >= 0.6 is 15.9 Å². The number of aryl methyl sites for hydroxylation is 1. The van der Waals surface area contributed by atoms with Crippen molar-refractivity contribution in [2.75, 3.05) is 0 Å². The van der Waals surface area contributed by atoms with Crippen molar-refractivity contribution in [2.45, 2.75) is 6.92 Å². The van der Waals surface area contributed by atoms with Crippen LogP contribution in [0.2, 0.25) is 0 Å². The summed E-state index contributed by atoms with van der Waals surface area (Å²) in [6.07, 6.45) is 0. The number of hydrogen-bond acceptors (Lipinski definition) is 2. The van der Waals surface area contributed by atoms with Crippen molar-refractivity contribution in [1.29, 1.82) is 0 Å². The van der Waals surface area contributed by atoms with Gasteiger partial charge in [-0.3, -0.25) is 9.59 Å². The van der Waals surface area contributed by atoms with E-state index in [-0.39, 0.29) is 11.1 Å². The third-order valence-corrected chi connectivity index (χ3v) is 2.68. The summed E-state index contributed by atoms with van der Waals surface area (Å²) in [5.41, 5.74) is 11.3. The molecule has 4 nitrogen and oxygen atoms in total. The van der Waals surface area contributed by atoms with Gasteiger partial charge in [-0.05, 0) is 24.6 Å². The lowest BCUT2D eigenvalue weighted by atomic mass is 10.0. The predicted molar refractivity (Wildman–Crippen MR) is 55.9 cm³/mol. The molecule has 2 amide bonds. The third kappa shape index (κ3) is 1.93. The molecule has 0 heterocycles. The number of amides is 2. The van der Waals surface area contributed by atoms with Crippen LogP contribution in [0.4, 0.5) is 0 Å². The zero-order chi connectivity index (χ0) is 10.9. The van der Waals surface area contributed by atoms with Gasteiger partial charge in [-0.2, -0.15) is 0 Å². The lowest BCUT2D eigenvalue weighted by molar-refractivity contribution is 0.0967. The summed E-state index contributed by atoms with van der Waals surface area (Å²) >= 11 is 3.24. The monoisotopic (exact) mass is 256 g/mol. The van der Waals surface area contributed by atoms with Gasteiger partial charge >= 0.3 is 0 Å². The number of carbonyl (C=O) groups is 2. The summed E-state index contributed by atoms with van der Waals surface area (Å²) in [6, 6.07) is 3.03. The number of primary amides is 2. The lowest BCUT2D eigenvalue weighted by Gasteiger charge is -2.06. The highest BCUT2D eigenvalue weighted by Gasteiger charge is 2.14. The number of rotatable bonds is 2. The van der Waals surface area contributed by atoms with Gasteiger partial charge in [0, 0.05) is 4.47 Å². The maximum absolute atomic E-state index is 11.0. The fraction of sp³-hybridized carbons (Fsp3) is 0.111. The molecule has 0 atom stereocenters. The highest BCUT2D eigenvalue weighted by Crippen LogP contribution is 2.21. The number of carbonyl (C=O) groups excluding carboxylic acids is 2. The Bertz CT molecular complexity index is 377. The molecular formula is C9H9BrN2O2. The number of halogens is 1. The van der Waals surface area contributed by atoms with Crippen LogP contribution in [0.15, 0.2) is 16.6 Å². The van der Waals surface area contributed by atoms with Gasteiger partial charge in [-0.1, -0.05) is 15.9 Å². The summed E-state index contributed by atoms with van der Waals surface area (Å²) in [6.45, 7) is 1.79. The minimum atomic E-state index is -0.667. The lowest BCUT2D eigenvalue weighted by Crippen LogP contribution is -2.20. The SMILES string of the molecule is Cc1cc(C(N)=O)c(C(N)=O)cc1Br. The van der Waals surface area contributed by atoms with Crippen LogP contribution in [-0.4, -0.2) is 11.8 Å². The first kappa shape index (κ1) is 10.7. The van der Waals surface area contributed by atoms with Gasteiger partial charge in [-0.15, -0.1) is 0 Å². The van der Waals surface area contributed by atoms with Crippen LogP contribution < -0.4 is 11.5 Å². The largest absolute Gasteiger partial charge is 0.366 e. The van der Waals surface area contributed by atoms with E-state index in [4.69, 9.17) is 11.5 Å². The van der Waals surface area contributed by atoms with E-state index >= 15 is 0 Å². The first-order chi connectivity index (χ1) is 6.43. The highest BCUT2D eigenvalue weighted by molar-refractivity contribution is 9.10. The molecule has 1 aromatic rings. The number of benzene rings is 1.